The molecule has 1 aromatic carbocycles. The zero-order chi connectivity index (χ0) is 15.2. The van der Waals surface area contributed by atoms with Crippen LogP contribution in [0.5, 0.6) is 5.75 Å². The Labute approximate surface area is 129 Å². The Balaban J connectivity index is 2.15. The number of hydrogen-bond acceptors (Lipinski definition) is 3. The first-order valence-electron chi connectivity index (χ1n) is 8.33. The molecule has 1 saturated heterocycles. The minimum atomic E-state index is 0.474. The highest BCUT2D eigenvalue weighted by molar-refractivity contribution is 5.29. The molecule has 118 valence electrons. The minimum Gasteiger partial charge on any atom is -0.497 e. The van der Waals surface area contributed by atoms with Crippen LogP contribution in [0.4, 0.5) is 0 Å². The number of rotatable bonds is 6. The van der Waals surface area contributed by atoms with E-state index in [1.54, 1.807) is 7.11 Å². The molecule has 2 N–H and O–H groups in total. The van der Waals surface area contributed by atoms with Crippen molar-refractivity contribution in [1.82, 2.24) is 4.90 Å². The first kappa shape index (κ1) is 16.3. The summed E-state index contributed by atoms with van der Waals surface area (Å²) in [5, 5.41) is 0. The molecule has 1 fully saturated rings. The SMILES string of the molecule is CCC1CCN(C(CC)c2ccc(OC)cc2)C(CN)C1. The Kier molecular flexibility index (Phi) is 6.07. The Morgan fingerprint density at radius 3 is 2.52 bits per heavy atom. The maximum absolute atomic E-state index is 6.07. The van der Waals surface area contributed by atoms with Crippen molar-refractivity contribution in [3.63, 3.8) is 0 Å². The number of nitrogens with zero attached hydrogens (tertiary/aromatic N) is 1. The Hall–Kier alpha value is -1.06. The summed E-state index contributed by atoms with van der Waals surface area (Å²) in [5.41, 5.74) is 7.45. The number of methoxy groups -OCH3 is 1. The van der Waals surface area contributed by atoms with Crippen LogP contribution in [0.1, 0.15) is 51.1 Å². The van der Waals surface area contributed by atoms with Gasteiger partial charge < -0.3 is 10.5 Å². The molecule has 0 amide bonds. The van der Waals surface area contributed by atoms with Gasteiger partial charge in [-0.3, -0.25) is 4.90 Å². The molecule has 3 heteroatoms. The summed E-state index contributed by atoms with van der Waals surface area (Å²) < 4.78 is 5.27. The Bertz CT molecular complexity index is 418. The normalized spacial score (nSPS) is 24.8. The maximum atomic E-state index is 6.07. The summed E-state index contributed by atoms with van der Waals surface area (Å²) in [6.07, 6.45) is 4.96. The maximum Gasteiger partial charge on any atom is 0.118 e. The Morgan fingerprint density at radius 2 is 2.00 bits per heavy atom. The number of likely N-dealkylation sites (tertiary alicyclic amines) is 1. The van der Waals surface area contributed by atoms with E-state index in [2.05, 4.69) is 43.0 Å². The van der Waals surface area contributed by atoms with E-state index in [-0.39, 0.29) is 0 Å². The minimum absolute atomic E-state index is 0.474. The second-order valence-electron chi connectivity index (χ2n) is 6.12. The van der Waals surface area contributed by atoms with E-state index in [0.717, 1.165) is 24.6 Å². The van der Waals surface area contributed by atoms with Crippen molar-refractivity contribution < 1.29 is 4.74 Å². The third-order valence-electron chi connectivity index (χ3n) is 5.01. The first-order chi connectivity index (χ1) is 10.2. The van der Waals surface area contributed by atoms with Crippen LogP contribution < -0.4 is 10.5 Å². The quantitative estimate of drug-likeness (QED) is 0.870. The zero-order valence-corrected chi connectivity index (χ0v) is 13.7. The van der Waals surface area contributed by atoms with Crippen LogP contribution in [0.15, 0.2) is 24.3 Å². The second-order valence-corrected chi connectivity index (χ2v) is 6.12. The van der Waals surface area contributed by atoms with Gasteiger partial charge in [0.05, 0.1) is 7.11 Å². The van der Waals surface area contributed by atoms with E-state index in [9.17, 15) is 0 Å². The highest BCUT2D eigenvalue weighted by Crippen LogP contribution is 2.34. The van der Waals surface area contributed by atoms with Crippen molar-refractivity contribution in [2.75, 3.05) is 20.2 Å². The van der Waals surface area contributed by atoms with Gasteiger partial charge in [-0.05, 0) is 49.4 Å². The lowest BCUT2D eigenvalue weighted by Crippen LogP contribution is -2.48. The van der Waals surface area contributed by atoms with Gasteiger partial charge in [0, 0.05) is 18.6 Å². The van der Waals surface area contributed by atoms with Crippen molar-refractivity contribution in [2.45, 2.75) is 51.6 Å². The molecule has 3 atom stereocenters. The van der Waals surface area contributed by atoms with E-state index in [1.807, 2.05) is 0 Å². The van der Waals surface area contributed by atoms with Gasteiger partial charge in [0.25, 0.3) is 0 Å². The van der Waals surface area contributed by atoms with Gasteiger partial charge in [0.1, 0.15) is 5.75 Å². The molecule has 3 nitrogen and oxygen atoms in total. The largest absolute Gasteiger partial charge is 0.497 e. The lowest BCUT2D eigenvalue weighted by atomic mass is 9.86. The summed E-state index contributed by atoms with van der Waals surface area (Å²) in [4.78, 5) is 2.63. The molecular formula is C18H30N2O. The van der Waals surface area contributed by atoms with Gasteiger partial charge in [-0.15, -0.1) is 0 Å². The highest BCUT2D eigenvalue weighted by atomic mass is 16.5. The van der Waals surface area contributed by atoms with E-state index >= 15 is 0 Å². The number of benzene rings is 1. The highest BCUT2D eigenvalue weighted by Gasteiger charge is 2.31. The third kappa shape index (κ3) is 3.78. The van der Waals surface area contributed by atoms with Crippen LogP contribution in [-0.2, 0) is 0 Å². The van der Waals surface area contributed by atoms with Crippen LogP contribution >= 0.6 is 0 Å². The number of hydrogen-bond donors (Lipinski definition) is 1. The fourth-order valence-electron chi connectivity index (χ4n) is 3.65. The second kappa shape index (κ2) is 7.81. The number of nitrogens with two attached hydrogens (primary N) is 1. The van der Waals surface area contributed by atoms with E-state index in [0.29, 0.717) is 12.1 Å². The van der Waals surface area contributed by atoms with E-state index in [4.69, 9.17) is 10.5 Å². The predicted octanol–water partition coefficient (Wildman–Crippen LogP) is 3.60. The molecule has 1 aromatic rings. The molecule has 0 bridgehead atoms. The molecule has 3 unspecified atom stereocenters. The summed E-state index contributed by atoms with van der Waals surface area (Å²) in [7, 11) is 1.71. The molecule has 1 aliphatic heterocycles. The van der Waals surface area contributed by atoms with Crippen LogP contribution in [-0.4, -0.2) is 31.1 Å². The van der Waals surface area contributed by atoms with E-state index in [1.165, 1.54) is 31.4 Å². The standard InChI is InChI=1S/C18H30N2O/c1-4-14-10-11-20(16(12-14)13-19)18(5-2)15-6-8-17(21-3)9-7-15/h6-9,14,16,18H,4-5,10-13,19H2,1-3H3. The molecule has 1 aliphatic rings. The molecule has 0 radical (unpaired) electrons. The molecule has 2 rings (SSSR count). The summed E-state index contributed by atoms with van der Waals surface area (Å²) in [5.74, 6) is 1.77. The summed E-state index contributed by atoms with van der Waals surface area (Å²) in [6.45, 7) is 6.51. The smallest absolute Gasteiger partial charge is 0.118 e. The van der Waals surface area contributed by atoms with Crippen LogP contribution in [0.2, 0.25) is 0 Å². The number of piperidine rings is 1. The lowest BCUT2D eigenvalue weighted by molar-refractivity contribution is 0.0677. The zero-order valence-electron chi connectivity index (χ0n) is 13.7. The van der Waals surface area contributed by atoms with Gasteiger partial charge in [0.2, 0.25) is 0 Å². The van der Waals surface area contributed by atoms with Gasteiger partial charge in [-0.2, -0.15) is 0 Å². The fraction of sp³-hybridized carbons (Fsp3) is 0.667. The van der Waals surface area contributed by atoms with Gasteiger partial charge in [-0.25, -0.2) is 0 Å². The van der Waals surface area contributed by atoms with Gasteiger partial charge in [-0.1, -0.05) is 32.4 Å². The van der Waals surface area contributed by atoms with Gasteiger partial charge >= 0.3 is 0 Å². The fourth-order valence-corrected chi connectivity index (χ4v) is 3.65. The molecular weight excluding hydrogens is 260 g/mol. The molecule has 0 aromatic heterocycles. The molecule has 1 heterocycles. The average molecular weight is 290 g/mol. The molecule has 0 spiro atoms. The van der Waals surface area contributed by atoms with Crippen molar-refractivity contribution in [3.05, 3.63) is 29.8 Å². The van der Waals surface area contributed by atoms with Crippen LogP contribution in [0.25, 0.3) is 0 Å². The van der Waals surface area contributed by atoms with Crippen LogP contribution in [0, 0.1) is 5.92 Å². The van der Waals surface area contributed by atoms with Crippen molar-refractivity contribution >= 4 is 0 Å². The van der Waals surface area contributed by atoms with Crippen molar-refractivity contribution in [1.29, 1.82) is 0 Å². The third-order valence-corrected chi connectivity index (χ3v) is 5.01. The predicted molar refractivity (Wildman–Crippen MR) is 88.6 cm³/mol. The first-order valence-corrected chi connectivity index (χ1v) is 8.33. The van der Waals surface area contributed by atoms with Crippen molar-refractivity contribution in [2.24, 2.45) is 11.7 Å². The van der Waals surface area contributed by atoms with E-state index < -0.39 is 0 Å². The molecule has 0 saturated carbocycles. The summed E-state index contributed by atoms with van der Waals surface area (Å²) >= 11 is 0. The molecule has 21 heavy (non-hydrogen) atoms. The molecule has 0 aliphatic carbocycles. The van der Waals surface area contributed by atoms with Crippen molar-refractivity contribution in [3.8, 4) is 5.75 Å². The van der Waals surface area contributed by atoms with Crippen LogP contribution in [0.3, 0.4) is 0 Å². The average Bonchev–Trinajstić information content (AvgIpc) is 2.56. The Morgan fingerprint density at radius 1 is 1.29 bits per heavy atom. The lowest BCUT2D eigenvalue weighted by Gasteiger charge is -2.43. The van der Waals surface area contributed by atoms with Gasteiger partial charge in [0.15, 0.2) is 0 Å². The topological polar surface area (TPSA) is 38.5 Å². The monoisotopic (exact) mass is 290 g/mol. The number of ether oxygens (including phenoxy) is 1. The summed E-state index contributed by atoms with van der Waals surface area (Å²) in [6, 6.07) is 9.53.